The predicted octanol–water partition coefficient (Wildman–Crippen LogP) is 2.65. The van der Waals surface area contributed by atoms with Gasteiger partial charge in [-0.2, -0.15) is 0 Å². The Balaban J connectivity index is 1.44. The van der Waals surface area contributed by atoms with E-state index in [1.807, 2.05) is 0 Å². The summed E-state index contributed by atoms with van der Waals surface area (Å²) in [6.45, 7) is 2.77. The summed E-state index contributed by atoms with van der Waals surface area (Å²) in [5.74, 6) is 0.454. The number of rotatable bonds is 4. The molecule has 2 heterocycles. The molecule has 144 valence electrons. The highest BCUT2D eigenvalue weighted by Crippen LogP contribution is 2.36. The zero-order valence-corrected chi connectivity index (χ0v) is 15.4. The number of benzene rings is 2. The van der Waals surface area contributed by atoms with E-state index in [4.69, 9.17) is 9.47 Å². The Morgan fingerprint density at radius 2 is 1.75 bits per heavy atom. The number of amides is 2. The number of nitrogens with zero attached hydrogens (tertiary/aromatic N) is 1. The first-order valence-corrected chi connectivity index (χ1v) is 9.13. The molecule has 1 N–H and O–H groups in total. The number of hydrogen-bond acceptors (Lipinski definition) is 5. The molecule has 7 nitrogen and oxygen atoms in total. The van der Waals surface area contributed by atoms with E-state index >= 15 is 0 Å². The molecule has 1 unspecified atom stereocenters. The lowest BCUT2D eigenvalue weighted by Gasteiger charge is -2.22. The number of anilines is 2. The van der Waals surface area contributed by atoms with E-state index < -0.39 is 5.92 Å². The van der Waals surface area contributed by atoms with Gasteiger partial charge in [0.1, 0.15) is 13.2 Å². The highest BCUT2D eigenvalue weighted by atomic mass is 16.6. The number of fused-ring (bicyclic) bond motifs is 1. The number of hydrogen-bond donors (Lipinski definition) is 1. The van der Waals surface area contributed by atoms with Crippen molar-refractivity contribution >= 4 is 29.0 Å². The minimum absolute atomic E-state index is 0.0330. The van der Waals surface area contributed by atoms with Crippen molar-refractivity contribution < 1.29 is 23.9 Å². The summed E-state index contributed by atoms with van der Waals surface area (Å²) >= 11 is 0. The number of Topliss-reactive ketones (excluding diaryl/α,β-unsaturated/α-hetero) is 1. The zero-order valence-electron chi connectivity index (χ0n) is 15.4. The Morgan fingerprint density at radius 1 is 1.04 bits per heavy atom. The Labute approximate surface area is 162 Å². The van der Waals surface area contributed by atoms with Crippen LogP contribution in [0.15, 0.2) is 42.5 Å². The second-order valence-electron chi connectivity index (χ2n) is 6.86. The van der Waals surface area contributed by atoms with E-state index in [-0.39, 0.29) is 24.0 Å². The van der Waals surface area contributed by atoms with Crippen LogP contribution in [0.1, 0.15) is 23.7 Å². The fourth-order valence-electron chi connectivity index (χ4n) is 3.37. The predicted molar refractivity (Wildman–Crippen MR) is 103 cm³/mol. The summed E-state index contributed by atoms with van der Waals surface area (Å²) in [6, 6.07) is 12.0. The van der Waals surface area contributed by atoms with Crippen LogP contribution in [0.25, 0.3) is 0 Å². The molecule has 4 rings (SSSR count). The van der Waals surface area contributed by atoms with Crippen molar-refractivity contribution in [2.45, 2.75) is 13.3 Å². The fourth-order valence-corrected chi connectivity index (χ4v) is 3.37. The molecule has 0 aromatic heterocycles. The molecule has 0 aliphatic carbocycles. The van der Waals surface area contributed by atoms with Crippen LogP contribution in [-0.4, -0.2) is 37.4 Å². The van der Waals surface area contributed by atoms with Gasteiger partial charge < -0.3 is 19.7 Å². The molecule has 1 fully saturated rings. The van der Waals surface area contributed by atoms with Crippen LogP contribution in [0.2, 0.25) is 0 Å². The lowest BCUT2D eigenvalue weighted by molar-refractivity contribution is -0.122. The smallest absolute Gasteiger partial charge is 0.229 e. The minimum atomic E-state index is -0.451. The lowest BCUT2D eigenvalue weighted by Crippen LogP contribution is -2.28. The normalized spacial score (nSPS) is 18.1. The van der Waals surface area contributed by atoms with Crippen molar-refractivity contribution in [1.29, 1.82) is 0 Å². The van der Waals surface area contributed by atoms with Crippen LogP contribution in [0.3, 0.4) is 0 Å². The van der Waals surface area contributed by atoms with Crippen LogP contribution in [-0.2, 0) is 9.59 Å². The number of carbonyl (C=O) groups is 3. The van der Waals surface area contributed by atoms with Crippen LogP contribution in [0.4, 0.5) is 11.4 Å². The summed E-state index contributed by atoms with van der Waals surface area (Å²) in [5, 5.41) is 2.82. The molecule has 2 amide bonds. The van der Waals surface area contributed by atoms with Crippen molar-refractivity contribution in [3.63, 3.8) is 0 Å². The van der Waals surface area contributed by atoms with Gasteiger partial charge in [-0.25, -0.2) is 0 Å². The monoisotopic (exact) mass is 380 g/mol. The lowest BCUT2D eigenvalue weighted by atomic mass is 10.1. The van der Waals surface area contributed by atoms with Gasteiger partial charge in [0.25, 0.3) is 0 Å². The molecule has 28 heavy (non-hydrogen) atoms. The van der Waals surface area contributed by atoms with Crippen molar-refractivity contribution in [2.24, 2.45) is 5.92 Å². The van der Waals surface area contributed by atoms with Crippen molar-refractivity contribution in [3.8, 4) is 11.5 Å². The molecule has 2 aromatic rings. The summed E-state index contributed by atoms with van der Waals surface area (Å²) in [7, 11) is 0. The standard InChI is InChI=1S/C21H20N2O5/c1-13(24)14-2-4-16(5-3-14)22-21(26)15-10-20(25)23(12-15)17-6-7-18-19(11-17)28-9-8-27-18/h2-7,11,15H,8-10,12H2,1H3,(H,22,26). The van der Waals surface area contributed by atoms with Gasteiger partial charge in [-0.05, 0) is 43.3 Å². The Kier molecular flexibility index (Phi) is 4.73. The maximum Gasteiger partial charge on any atom is 0.229 e. The molecule has 1 atom stereocenters. The fraction of sp³-hybridized carbons (Fsp3) is 0.286. The van der Waals surface area contributed by atoms with Crippen LogP contribution < -0.4 is 19.7 Å². The molecular formula is C21H20N2O5. The Bertz CT molecular complexity index is 938. The highest BCUT2D eigenvalue weighted by Gasteiger charge is 2.35. The zero-order chi connectivity index (χ0) is 19.7. The SMILES string of the molecule is CC(=O)c1ccc(NC(=O)C2CC(=O)N(c3ccc4c(c3)OCCO4)C2)cc1. The third-order valence-electron chi connectivity index (χ3n) is 4.89. The molecule has 2 aliphatic heterocycles. The maximum atomic E-state index is 12.6. The second kappa shape index (κ2) is 7.34. The third kappa shape index (κ3) is 3.55. The Morgan fingerprint density at radius 3 is 2.46 bits per heavy atom. The molecule has 0 bridgehead atoms. The van der Waals surface area contributed by atoms with Gasteiger partial charge in [0.05, 0.1) is 5.92 Å². The van der Waals surface area contributed by atoms with Gasteiger partial charge in [-0.1, -0.05) is 0 Å². The number of carbonyl (C=O) groups excluding carboxylic acids is 3. The highest BCUT2D eigenvalue weighted by molar-refractivity contribution is 6.04. The molecule has 1 saturated heterocycles. The molecular weight excluding hydrogens is 360 g/mol. The van der Waals surface area contributed by atoms with E-state index in [2.05, 4.69) is 5.32 Å². The Hall–Kier alpha value is -3.35. The number of nitrogens with one attached hydrogen (secondary N) is 1. The van der Waals surface area contributed by atoms with Crippen LogP contribution in [0.5, 0.6) is 11.5 Å². The summed E-state index contributed by atoms with van der Waals surface area (Å²) < 4.78 is 11.1. The van der Waals surface area contributed by atoms with Gasteiger partial charge >= 0.3 is 0 Å². The first-order chi connectivity index (χ1) is 13.5. The molecule has 2 aliphatic rings. The molecule has 0 saturated carbocycles. The summed E-state index contributed by atoms with van der Waals surface area (Å²) in [6.07, 6.45) is 0.145. The number of ether oxygens (including phenoxy) is 2. The first kappa shape index (κ1) is 18.0. The molecule has 0 radical (unpaired) electrons. The maximum absolute atomic E-state index is 12.6. The van der Waals surface area contributed by atoms with E-state index in [0.29, 0.717) is 48.2 Å². The minimum Gasteiger partial charge on any atom is -0.486 e. The van der Waals surface area contributed by atoms with E-state index in [9.17, 15) is 14.4 Å². The van der Waals surface area contributed by atoms with Gasteiger partial charge in [-0.3, -0.25) is 14.4 Å². The van der Waals surface area contributed by atoms with Crippen molar-refractivity contribution in [1.82, 2.24) is 0 Å². The molecule has 2 aromatic carbocycles. The van der Waals surface area contributed by atoms with Crippen molar-refractivity contribution in [2.75, 3.05) is 30.0 Å². The largest absolute Gasteiger partial charge is 0.486 e. The number of ketones is 1. The van der Waals surface area contributed by atoms with Gasteiger partial charge in [0.15, 0.2) is 17.3 Å². The van der Waals surface area contributed by atoms with Crippen LogP contribution in [0, 0.1) is 5.92 Å². The van der Waals surface area contributed by atoms with E-state index in [1.165, 1.54) is 6.92 Å². The molecule has 7 heteroatoms. The third-order valence-corrected chi connectivity index (χ3v) is 4.89. The summed E-state index contributed by atoms with van der Waals surface area (Å²) in [4.78, 5) is 38.0. The second-order valence-corrected chi connectivity index (χ2v) is 6.86. The van der Waals surface area contributed by atoms with Crippen molar-refractivity contribution in [3.05, 3.63) is 48.0 Å². The van der Waals surface area contributed by atoms with Gasteiger partial charge in [-0.15, -0.1) is 0 Å². The topological polar surface area (TPSA) is 84.9 Å². The molecule has 0 spiro atoms. The van der Waals surface area contributed by atoms with E-state index in [1.54, 1.807) is 47.4 Å². The van der Waals surface area contributed by atoms with Gasteiger partial charge in [0.2, 0.25) is 11.8 Å². The average molecular weight is 380 g/mol. The summed E-state index contributed by atoms with van der Waals surface area (Å²) in [5.41, 5.74) is 1.87. The average Bonchev–Trinajstić information content (AvgIpc) is 3.10. The van der Waals surface area contributed by atoms with Crippen LogP contribution >= 0.6 is 0 Å². The van der Waals surface area contributed by atoms with Gasteiger partial charge in [0, 0.05) is 36.0 Å². The first-order valence-electron chi connectivity index (χ1n) is 9.13. The van der Waals surface area contributed by atoms with E-state index in [0.717, 1.165) is 0 Å². The quantitative estimate of drug-likeness (QED) is 0.825.